The molecular weight excluding hydrogens is 264 g/mol. The fourth-order valence-electron chi connectivity index (χ4n) is 1.68. The summed E-state index contributed by atoms with van der Waals surface area (Å²) in [6.07, 6.45) is 1.90. The van der Waals surface area contributed by atoms with Crippen molar-refractivity contribution in [1.29, 1.82) is 0 Å². The summed E-state index contributed by atoms with van der Waals surface area (Å²) in [5.41, 5.74) is 10.8. The van der Waals surface area contributed by atoms with Crippen molar-refractivity contribution in [1.82, 2.24) is 0 Å². The standard InChI is InChI=1S/C12H10N4O2S/c1-8-11(16(17)18)7-19-12(8)6-9-2-4-10(5-3-9)14-15-13/h2-6H,7H2,1H3/b12-6-. The van der Waals surface area contributed by atoms with Crippen molar-refractivity contribution in [3.63, 3.8) is 0 Å². The van der Waals surface area contributed by atoms with Crippen molar-refractivity contribution in [2.24, 2.45) is 5.11 Å². The predicted octanol–water partition coefficient (Wildman–Crippen LogP) is 4.27. The van der Waals surface area contributed by atoms with Gasteiger partial charge in [-0.25, -0.2) is 0 Å². The van der Waals surface area contributed by atoms with E-state index in [0.717, 1.165) is 10.5 Å². The van der Waals surface area contributed by atoms with Gasteiger partial charge >= 0.3 is 0 Å². The zero-order valence-electron chi connectivity index (χ0n) is 10.1. The zero-order chi connectivity index (χ0) is 13.8. The minimum atomic E-state index is -0.325. The van der Waals surface area contributed by atoms with Gasteiger partial charge in [0.25, 0.3) is 5.70 Å². The summed E-state index contributed by atoms with van der Waals surface area (Å²) < 4.78 is 0. The second-order valence-corrected chi connectivity index (χ2v) is 4.92. The predicted molar refractivity (Wildman–Crippen MR) is 75.4 cm³/mol. The van der Waals surface area contributed by atoms with Gasteiger partial charge < -0.3 is 0 Å². The summed E-state index contributed by atoms with van der Waals surface area (Å²) in [6, 6.07) is 7.04. The zero-order valence-corrected chi connectivity index (χ0v) is 10.9. The highest BCUT2D eigenvalue weighted by Gasteiger charge is 2.25. The SMILES string of the molecule is CC1=C([N+](=O)[O-])CS/C1=C\c1ccc(N=[N+]=[N-])cc1. The normalized spacial score (nSPS) is 16.6. The summed E-state index contributed by atoms with van der Waals surface area (Å²) in [5.74, 6) is 0.404. The number of benzene rings is 1. The fourth-order valence-corrected chi connectivity index (χ4v) is 2.85. The average molecular weight is 274 g/mol. The van der Waals surface area contributed by atoms with Crippen LogP contribution in [-0.2, 0) is 0 Å². The third kappa shape index (κ3) is 2.96. The second-order valence-electron chi connectivity index (χ2n) is 3.91. The Kier molecular flexibility index (Phi) is 3.89. The molecule has 2 rings (SSSR count). The van der Waals surface area contributed by atoms with Gasteiger partial charge in [0.2, 0.25) is 0 Å². The van der Waals surface area contributed by atoms with E-state index in [-0.39, 0.29) is 10.6 Å². The molecule has 1 aliphatic heterocycles. The van der Waals surface area contributed by atoms with E-state index in [0.29, 0.717) is 17.0 Å². The number of hydrogen-bond acceptors (Lipinski definition) is 4. The maximum absolute atomic E-state index is 10.8. The van der Waals surface area contributed by atoms with Crippen LogP contribution in [0.2, 0.25) is 0 Å². The van der Waals surface area contributed by atoms with Crippen molar-refractivity contribution in [3.8, 4) is 0 Å². The Labute approximate surface area is 113 Å². The highest BCUT2D eigenvalue weighted by molar-refractivity contribution is 8.03. The Hall–Kier alpha value is -2.24. The van der Waals surface area contributed by atoms with Gasteiger partial charge in [0, 0.05) is 21.1 Å². The minimum Gasteiger partial charge on any atom is -0.259 e. The molecule has 0 saturated heterocycles. The Balaban J connectivity index is 2.27. The van der Waals surface area contributed by atoms with Gasteiger partial charge in [-0.05, 0) is 24.1 Å². The molecule has 1 aromatic rings. The minimum absolute atomic E-state index is 0.266. The lowest BCUT2D eigenvalue weighted by Crippen LogP contribution is -1.99. The van der Waals surface area contributed by atoms with E-state index in [1.807, 2.05) is 18.2 Å². The van der Waals surface area contributed by atoms with Crippen LogP contribution in [0.1, 0.15) is 12.5 Å². The highest BCUT2D eigenvalue weighted by Crippen LogP contribution is 2.37. The second kappa shape index (κ2) is 5.60. The lowest BCUT2D eigenvalue weighted by Gasteiger charge is -1.99. The van der Waals surface area contributed by atoms with E-state index >= 15 is 0 Å². The van der Waals surface area contributed by atoms with Crippen LogP contribution in [0.25, 0.3) is 16.5 Å². The monoisotopic (exact) mass is 274 g/mol. The fraction of sp³-hybridized carbons (Fsp3) is 0.167. The van der Waals surface area contributed by atoms with Gasteiger partial charge in [0.05, 0.1) is 10.7 Å². The Morgan fingerprint density at radius 2 is 2.16 bits per heavy atom. The van der Waals surface area contributed by atoms with Crippen LogP contribution in [-0.4, -0.2) is 10.7 Å². The van der Waals surface area contributed by atoms with Crippen LogP contribution in [0.15, 0.2) is 45.6 Å². The average Bonchev–Trinajstić information content (AvgIpc) is 2.74. The van der Waals surface area contributed by atoms with Crippen molar-refractivity contribution in [3.05, 3.63) is 66.6 Å². The molecule has 0 unspecified atom stereocenters. The first-order valence-corrected chi connectivity index (χ1v) is 6.44. The van der Waals surface area contributed by atoms with Crippen LogP contribution < -0.4 is 0 Å². The van der Waals surface area contributed by atoms with Crippen molar-refractivity contribution in [2.45, 2.75) is 6.92 Å². The molecule has 19 heavy (non-hydrogen) atoms. The van der Waals surface area contributed by atoms with Crippen molar-refractivity contribution >= 4 is 23.5 Å². The largest absolute Gasteiger partial charge is 0.260 e. The van der Waals surface area contributed by atoms with Crippen LogP contribution in [0.3, 0.4) is 0 Å². The van der Waals surface area contributed by atoms with E-state index < -0.39 is 0 Å². The molecule has 6 nitrogen and oxygen atoms in total. The molecule has 0 radical (unpaired) electrons. The van der Waals surface area contributed by atoms with Crippen molar-refractivity contribution in [2.75, 3.05) is 5.75 Å². The van der Waals surface area contributed by atoms with Crippen LogP contribution in [0, 0.1) is 10.1 Å². The molecule has 0 spiro atoms. The van der Waals surface area contributed by atoms with E-state index in [9.17, 15) is 10.1 Å². The third-order valence-electron chi connectivity index (χ3n) is 2.74. The molecule has 1 heterocycles. The molecule has 0 aromatic heterocycles. The molecule has 0 bridgehead atoms. The lowest BCUT2D eigenvalue weighted by molar-refractivity contribution is -0.424. The summed E-state index contributed by atoms with van der Waals surface area (Å²) in [7, 11) is 0. The topological polar surface area (TPSA) is 91.9 Å². The van der Waals surface area contributed by atoms with E-state index in [2.05, 4.69) is 10.0 Å². The molecule has 0 N–H and O–H groups in total. The van der Waals surface area contributed by atoms with Gasteiger partial charge in [-0.3, -0.25) is 10.1 Å². The van der Waals surface area contributed by atoms with Gasteiger partial charge in [-0.15, -0.1) is 11.8 Å². The summed E-state index contributed by atoms with van der Waals surface area (Å²) in [6.45, 7) is 1.76. The van der Waals surface area contributed by atoms with Crippen molar-refractivity contribution < 1.29 is 4.92 Å². The first-order valence-electron chi connectivity index (χ1n) is 5.46. The summed E-state index contributed by atoms with van der Waals surface area (Å²) in [4.78, 5) is 14.1. The molecule has 0 atom stereocenters. The molecule has 7 heteroatoms. The van der Waals surface area contributed by atoms with Crippen LogP contribution >= 0.6 is 11.8 Å². The van der Waals surface area contributed by atoms with E-state index in [1.54, 1.807) is 19.1 Å². The summed E-state index contributed by atoms with van der Waals surface area (Å²) >= 11 is 1.46. The summed E-state index contributed by atoms with van der Waals surface area (Å²) in [5, 5.41) is 14.3. The molecule has 0 saturated carbocycles. The first kappa shape index (κ1) is 13.2. The van der Waals surface area contributed by atoms with E-state index in [1.165, 1.54) is 11.8 Å². The van der Waals surface area contributed by atoms with Gasteiger partial charge in [0.15, 0.2) is 0 Å². The third-order valence-corrected chi connectivity index (χ3v) is 3.89. The molecule has 1 aliphatic rings. The molecule has 96 valence electrons. The quantitative estimate of drug-likeness (QED) is 0.271. The maximum atomic E-state index is 10.8. The molecule has 0 aliphatic carbocycles. The number of thioether (sulfide) groups is 1. The number of hydrogen-bond donors (Lipinski definition) is 0. The smallest absolute Gasteiger partial charge is 0.259 e. The van der Waals surface area contributed by atoms with Gasteiger partial charge in [0.1, 0.15) is 0 Å². The van der Waals surface area contributed by atoms with Gasteiger partial charge in [-0.1, -0.05) is 29.4 Å². The number of azide groups is 1. The Morgan fingerprint density at radius 3 is 2.68 bits per heavy atom. The highest BCUT2D eigenvalue weighted by atomic mass is 32.2. The van der Waals surface area contributed by atoms with Gasteiger partial charge in [-0.2, -0.15) is 0 Å². The maximum Gasteiger partial charge on any atom is 0.260 e. The van der Waals surface area contributed by atoms with Crippen LogP contribution in [0.5, 0.6) is 0 Å². The van der Waals surface area contributed by atoms with E-state index in [4.69, 9.17) is 5.53 Å². The Morgan fingerprint density at radius 1 is 1.47 bits per heavy atom. The number of nitrogens with zero attached hydrogens (tertiary/aromatic N) is 4. The molecule has 0 amide bonds. The van der Waals surface area contributed by atoms with Crippen LogP contribution in [0.4, 0.5) is 5.69 Å². The first-order chi connectivity index (χ1) is 9.11. The molecule has 0 fully saturated rings. The lowest BCUT2D eigenvalue weighted by atomic mass is 10.1. The number of rotatable bonds is 3. The Bertz CT molecular complexity index is 628. The number of nitro groups is 1. The number of allylic oxidation sites excluding steroid dienone is 1. The molecule has 1 aromatic carbocycles. The molecular formula is C12H10N4O2S.